The predicted octanol–water partition coefficient (Wildman–Crippen LogP) is 2.26. The van der Waals surface area contributed by atoms with Gasteiger partial charge in [-0.15, -0.1) is 11.3 Å². The number of hydrogen-bond acceptors (Lipinski definition) is 4. The van der Waals surface area contributed by atoms with Crippen LogP contribution in [0.3, 0.4) is 0 Å². The molecule has 2 amide bonds. The number of hydrogen-bond donors (Lipinski definition) is 3. The predicted molar refractivity (Wildman–Crippen MR) is 86.9 cm³/mol. The summed E-state index contributed by atoms with van der Waals surface area (Å²) in [6, 6.07) is 1.73. The van der Waals surface area contributed by atoms with E-state index in [0.29, 0.717) is 18.4 Å². The molecular formula is C16H20N2O4S. The second kappa shape index (κ2) is 6.95. The first-order valence-electron chi connectivity index (χ1n) is 7.33. The number of carbonyl (C=O) groups excluding carboxylic acids is 2. The average Bonchev–Trinajstić information content (AvgIpc) is 2.93. The molecule has 1 aliphatic carbocycles. The van der Waals surface area contributed by atoms with Crippen LogP contribution in [0.2, 0.25) is 0 Å². The van der Waals surface area contributed by atoms with Gasteiger partial charge in [-0.2, -0.15) is 0 Å². The SMILES string of the molecule is CC1=C(C)CC(C(=O)NNC(=O)c2csc(C)c2)C(C(=O)O)C1. The number of nitrogens with one attached hydrogen (secondary N) is 2. The van der Waals surface area contributed by atoms with Gasteiger partial charge in [0.2, 0.25) is 5.91 Å². The molecule has 1 aromatic rings. The standard InChI is InChI=1S/C16H20N2O4S/c1-8-4-12(13(16(21)22)5-9(8)2)15(20)18-17-14(19)11-6-10(3)23-7-11/h6-7,12-13H,4-5H2,1-3H3,(H,17,19)(H,18,20)(H,21,22). The monoisotopic (exact) mass is 336 g/mol. The Labute approximate surface area is 138 Å². The molecule has 0 aromatic carbocycles. The molecule has 0 bridgehead atoms. The lowest BCUT2D eigenvalue weighted by Gasteiger charge is -2.29. The molecule has 7 heteroatoms. The van der Waals surface area contributed by atoms with Crippen molar-refractivity contribution in [1.82, 2.24) is 10.9 Å². The molecule has 0 aliphatic heterocycles. The molecule has 1 heterocycles. The quantitative estimate of drug-likeness (QED) is 0.583. The molecule has 0 saturated heterocycles. The van der Waals surface area contributed by atoms with Crippen molar-refractivity contribution in [3.63, 3.8) is 0 Å². The maximum Gasteiger partial charge on any atom is 0.307 e. The summed E-state index contributed by atoms with van der Waals surface area (Å²) in [4.78, 5) is 36.6. The Balaban J connectivity index is 2.01. The van der Waals surface area contributed by atoms with E-state index in [4.69, 9.17) is 0 Å². The molecule has 0 radical (unpaired) electrons. The maximum atomic E-state index is 12.3. The Bertz CT molecular complexity index is 677. The maximum absolute atomic E-state index is 12.3. The Morgan fingerprint density at radius 3 is 2.22 bits per heavy atom. The van der Waals surface area contributed by atoms with Crippen LogP contribution in [0.5, 0.6) is 0 Å². The van der Waals surface area contributed by atoms with E-state index in [1.807, 2.05) is 20.8 Å². The molecule has 23 heavy (non-hydrogen) atoms. The van der Waals surface area contributed by atoms with E-state index < -0.39 is 29.6 Å². The molecule has 1 aliphatic rings. The van der Waals surface area contributed by atoms with Gasteiger partial charge in [0, 0.05) is 10.3 Å². The minimum Gasteiger partial charge on any atom is -0.481 e. The van der Waals surface area contributed by atoms with Crippen LogP contribution in [0, 0.1) is 18.8 Å². The second-order valence-corrected chi connectivity index (χ2v) is 7.02. The Morgan fingerprint density at radius 1 is 1.09 bits per heavy atom. The third-order valence-corrected chi connectivity index (χ3v) is 5.07. The van der Waals surface area contributed by atoms with Crippen LogP contribution in [0.1, 0.15) is 41.9 Å². The van der Waals surface area contributed by atoms with Crippen molar-refractivity contribution in [2.75, 3.05) is 0 Å². The zero-order valence-electron chi connectivity index (χ0n) is 13.3. The van der Waals surface area contributed by atoms with Crippen molar-refractivity contribution >= 4 is 29.1 Å². The number of aliphatic carboxylic acids is 1. The van der Waals surface area contributed by atoms with E-state index in [1.165, 1.54) is 11.3 Å². The van der Waals surface area contributed by atoms with Crippen LogP contribution in [0.4, 0.5) is 0 Å². The van der Waals surface area contributed by atoms with E-state index in [2.05, 4.69) is 10.9 Å². The molecule has 124 valence electrons. The Kier molecular flexibility index (Phi) is 5.20. The van der Waals surface area contributed by atoms with Gasteiger partial charge in [0.15, 0.2) is 0 Å². The van der Waals surface area contributed by atoms with E-state index in [9.17, 15) is 19.5 Å². The van der Waals surface area contributed by atoms with Gasteiger partial charge in [0.1, 0.15) is 0 Å². The smallest absolute Gasteiger partial charge is 0.307 e. The van der Waals surface area contributed by atoms with Gasteiger partial charge in [0.25, 0.3) is 5.91 Å². The highest BCUT2D eigenvalue weighted by atomic mass is 32.1. The summed E-state index contributed by atoms with van der Waals surface area (Å²) in [6.45, 7) is 5.68. The summed E-state index contributed by atoms with van der Waals surface area (Å²) in [7, 11) is 0. The fraction of sp³-hybridized carbons (Fsp3) is 0.438. The number of carboxylic acids is 1. The minimum absolute atomic E-state index is 0.358. The van der Waals surface area contributed by atoms with Crippen LogP contribution in [0.25, 0.3) is 0 Å². The normalized spacial score (nSPS) is 21.0. The highest BCUT2D eigenvalue weighted by Gasteiger charge is 2.37. The van der Waals surface area contributed by atoms with E-state index in [-0.39, 0.29) is 0 Å². The fourth-order valence-corrected chi connectivity index (χ4v) is 3.36. The van der Waals surface area contributed by atoms with Crippen molar-refractivity contribution in [3.8, 4) is 0 Å². The second-order valence-electron chi connectivity index (χ2n) is 5.91. The van der Waals surface area contributed by atoms with Crippen LogP contribution in [-0.2, 0) is 9.59 Å². The van der Waals surface area contributed by atoms with Gasteiger partial charge in [-0.05, 0) is 39.7 Å². The molecule has 6 nitrogen and oxygen atoms in total. The fourth-order valence-electron chi connectivity index (χ4n) is 2.67. The first kappa shape index (κ1) is 17.2. The topological polar surface area (TPSA) is 95.5 Å². The Hall–Kier alpha value is -2.15. The lowest BCUT2D eigenvalue weighted by molar-refractivity contribution is -0.147. The van der Waals surface area contributed by atoms with Gasteiger partial charge in [-0.25, -0.2) is 0 Å². The molecule has 0 saturated carbocycles. The van der Waals surface area contributed by atoms with Crippen molar-refractivity contribution in [2.24, 2.45) is 11.8 Å². The number of thiophene rings is 1. The van der Waals surface area contributed by atoms with E-state index in [1.54, 1.807) is 11.4 Å². The zero-order chi connectivity index (χ0) is 17.1. The highest BCUT2D eigenvalue weighted by Crippen LogP contribution is 2.34. The summed E-state index contributed by atoms with van der Waals surface area (Å²) >= 11 is 1.44. The molecule has 2 atom stereocenters. The van der Waals surface area contributed by atoms with Gasteiger partial charge in [-0.3, -0.25) is 25.2 Å². The summed E-state index contributed by atoms with van der Waals surface area (Å²) in [5.41, 5.74) is 7.23. The molecule has 2 unspecified atom stereocenters. The summed E-state index contributed by atoms with van der Waals surface area (Å²) in [5, 5.41) is 11.0. The zero-order valence-corrected chi connectivity index (χ0v) is 14.1. The molecular weight excluding hydrogens is 316 g/mol. The number of hydrazine groups is 1. The summed E-state index contributed by atoms with van der Waals surface area (Å²) in [6.07, 6.45) is 0.749. The molecule has 3 N–H and O–H groups in total. The van der Waals surface area contributed by atoms with E-state index in [0.717, 1.165) is 16.0 Å². The molecule has 2 rings (SSSR count). The van der Waals surface area contributed by atoms with Crippen molar-refractivity contribution < 1.29 is 19.5 Å². The lowest BCUT2D eigenvalue weighted by Crippen LogP contribution is -2.48. The van der Waals surface area contributed by atoms with Gasteiger partial charge >= 0.3 is 5.97 Å². The first-order valence-corrected chi connectivity index (χ1v) is 8.21. The number of amides is 2. The number of aryl methyl sites for hydroxylation is 1. The number of carboxylic acid groups (broad SMARTS) is 1. The number of carbonyl (C=O) groups is 3. The Morgan fingerprint density at radius 2 is 1.70 bits per heavy atom. The lowest BCUT2D eigenvalue weighted by atomic mass is 9.76. The molecule has 0 spiro atoms. The minimum atomic E-state index is -0.989. The summed E-state index contributed by atoms with van der Waals surface area (Å²) < 4.78 is 0. The van der Waals surface area contributed by atoms with Gasteiger partial charge in [0.05, 0.1) is 17.4 Å². The largest absolute Gasteiger partial charge is 0.481 e. The van der Waals surface area contributed by atoms with Crippen molar-refractivity contribution in [1.29, 1.82) is 0 Å². The highest BCUT2D eigenvalue weighted by molar-refractivity contribution is 7.10. The third-order valence-electron chi connectivity index (χ3n) is 4.21. The molecule has 1 aromatic heterocycles. The third kappa shape index (κ3) is 3.98. The van der Waals surface area contributed by atoms with E-state index >= 15 is 0 Å². The first-order chi connectivity index (χ1) is 10.8. The van der Waals surface area contributed by atoms with Crippen LogP contribution >= 0.6 is 11.3 Å². The summed E-state index contributed by atoms with van der Waals surface area (Å²) in [5.74, 6) is -3.31. The van der Waals surface area contributed by atoms with Gasteiger partial charge < -0.3 is 5.11 Å². The number of allylic oxidation sites excluding steroid dienone is 2. The molecule has 0 fully saturated rings. The van der Waals surface area contributed by atoms with Crippen molar-refractivity contribution in [3.05, 3.63) is 33.0 Å². The van der Waals surface area contributed by atoms with Gasteiger partial charge in [-0.1, -0.05) is 11.1 Å². The average molecular weight is 336 g/mol. The van der Waals surface area contributed by atoms with Crippen LogP contribution in [0.15, 0.2) is 22.6 Å². The van der Waals surface area contributed by atoms with Crippen LogP contribution in [-0.4, -0.2) is 22.9 Å². The number of rotatable bonds is 3. The van der Waals surface area contributed by atoms with Crippen molar-refractivity contribution in [2.45, 2.75) is 33.6 Å². The van der Waals surface area contributed by atoms with Crippen LogP contribution < -0.4 is 10.9 Å².